The number of hydrogen-bond donors (Lipinski definition) is 0. The lowest BCUT2D eigenvalue weighted by Crippen LogP contribution is -1.77. The van der Waals surface area contributed by atoms with Gasteiger partial charge in [-0.05, 0) is 30.3 Å². The maximum Gasteiger partial charge on any atom is 0.131 e. The number of aromatic nitrogens is 2. The van der Waals surface area contributed by atoms with Crippen molar-refractivity contribution in [2.24, 2.45) is 0 Å². The first-order chi connectivity index (χ1) is 7.92. The van der Waals surface area contributed by atoms with Crippen molar-refractivity contribution in [1.82, 2.24) is 10.1 Å². The number of benzene rings is 1. The summed E-state index contributed by atoms with van der Waals surface area (Å²) in [7, 11) is 0. The Morgan fingerprint density at radius 1 is 1.12 bits per heavy atom. The summed E-state index contributed by atoms with van der Waals surface area (Å²) in [5.41, 5.74) is 0.876. The molecule has 0 spiro atoms. The van der Waals surface area contributed by atoms with Gasteiger partial charge in [-0.3, -0.25) is 0 Å². The molecule has 1 aromatic carbocycles. The minimum atomic E-state index is 0.876. The van der Waals surface area contributed by atoms with E-state index in [0.29, 0.717) is 0 Å². The Hall–Kier alpha value is -1.81. The lowest BCUT2D eigenvalue weighted by atomic mass is 10.3. The number of nitrogens with zero attached hydrogens (tertiary/aromatic N) is 2. The minimum absolute atomic E-state index is 0.876. The van der Waals surface area contributed by atoms with Crippen molar-refractivity contribution in [2.45, 2.75) is 9.92 Å². The molecule has 3 aromatic rings. The average molecular weight is 228 g/mol. The van der Waals surface area contributed by atoms with Crippen LogP contribution in [0.4, 0.5) is 0 Å². The van der Waals surface area contributed by atoms with Gasteiger partial charge in [-0.25, -0.2) is 4.98 Å². The van der Waals surface area contributed by atoms with E-state index in [-0.39, 0.29) is 0 Å². The van der Waals surface area contributed by atoms with Gasteiger partial charge >= 0.3 is 0 Å². The first-order valence-corrected chi connectivity index (χ1v) is 5.66. The molecule has 78 valence electrons. The molecule has 0 bridgehead atoms. The Bertz CT molecular complexity index is 606. The second-order valence-corrected chi connectivity index (χ2v) is 4.40. The summed E-state index contributed by atoms with van der Waals surface area (Å²) >= 11 is 1.61. The molecule has 0 fully saturated rings. The van der Waals surface area contributed by atoms with Crippen molar-refractivity contribution in [3.63, 3.8) is 0 Å². The summed E-state index contributed by atoms with van der Waals surface area (Å²) in [5.74, 6) is 0. The Kier molecular flexibility index (Phi) is 2.34. The van der Waals surface area contributed by atoms with Crippen LogP contribution in [-0.2, 0) is 0 Å². The molecule has 0 radical (unpaired) electrons. The van der Waals surface area contributed by atoms with Gasteiger partial charge in [0.25, 0.3) is 0 Å². The third-order valence-electron chi connectivity index (χ3n) is 2.19. The average Bonchev–Trinajstić information content (AvgIpc) is 2.77. The van der Waals surface area contributed by atoms with Crippen LogP contribution >= 0.6 is 11.8 Å². The molecular weight excluding hydrogens is 220 g/mol. The van der Waals surface area contributed by atoms with E-state index in [9.17, 15) is 0 Å². The van der Waals surface area contributed by atoms with Gasteiger partial charge in [0.1, 0.15) is 16.8 Å². The van der Waals surface area contributed by atoms with Crippen LogP contribution in [0.15, 0.2) is 63.3 Å². The van der Waals surface area contributed by atoms with Crippen LogP contribution in [0.25, 0.3) is 10.9 Å². The molecule has 0 saturated heterocycles. The monoisotopic (exact) mass is 228 g/mol. The van der Waals surface area contributed by atoms with Crippen molar-refractivity contribution in [3.05, 3.63) is 48.9 Å². The quantitative estimate of drug-likeness (QED) is 0.674. The smallest absolute Gasteiger partial charge is 0.131 e. The largest absolute Gasteiger partial charge is 0.364 e. The van der Waals surface area contributed by atoms with E-state index >= 15 is 0 Å². The van der Waals surface area contributed by atoms with Crippen LogP contribution in [0.3, 0.4) is 0 Å². The highest BCUT2D eigenvalue weighted by molar-refractivity contribution is 7.99. The Balaban J connectivity index is 1.94. The Labute approximate surface area is 96.5 Å². The summed E-state index contributed by atoms with van der Waals surface area (Å²) in [6.45, 7) is 0. The molecule has 0 aliphatic heterocycles. The molecule has 0 N–H and O–H groups in total. The van der Waals surface area contributed by atoms with Crippen LogP contribution < -0.4 is 0 Å². The van der Waals surface area contributed by atoms with Crippen LogP contribution in [0.1, 0.15) is 0 Å². The fourth-order valence-corrected chi connectivity index (χ4v) is 2.24. The van der Waals surface area contributed by atoms with Gasteiger partial charge in [-0.2, -0.15) is 0 Å². The maximum atomic E-state index is 4.90. The molecule has 0 aliphatic rings. The highest BCUT2D eigenvalue weighted by atomic mass is 32.2. The zero-order chi connectivity index (χ0) is 10.8. The molecule has 3 nitrogen and oxygen atoms in total. The number of rotatable bonds is 2. The number of pyridine rings is 1. The summed E-state index contributed by atoms with van der Waals surface area (Å²) in [6.07, 6.45) is 3.43. The van der Waals surface area contributed by atoms with Crippen molar-refractivity contribution in [3.8, 4) is 0 Å². The fraction of sp³-hybridized carbons (Fsp3) is 0. The highest BCUT2D eigenvalue weighted by Gasteiger charge is 2.02. The van der Waals surface area contributed by atoms with E-state index in [0.717, 1.165) is 20.8 Å². The molecular formula is C12H8N2OS. The maximum absolute atomic E-state index is 4.90. The van der Waals surface area contributed by atoms with Gasteiger partial charge in [-0.1, -0.05) is 23.0 Å². The third kappa shape index (κ3) is 1.79. The van der Waals surface area contributed by atoms with E-state index in [4.69, 9.17) is 4.52 Å². The zero-order valence-electron chi connectivity index (χ0n) is 8.33. The summed E-state index contributed by atoms with van der Waals surface area (Å²) in [5, 5.41) is 5.91. The number of hydrogen-bond acceptors (Lipinski definition) is 4. The predicted octanol–water partition coefficient (Wildman–Crippen LogP) is 3.37. The molecule has 2 heterocycles. The van der Waals surface area contributed by atoms with Crippen molar-refractivity contribution < 1.29 is 4.52 Å². The van der Waals surface area contributed by atoms with Gasteiger partial charge in [-0.15, -0.1) is 0 Å². The molecule has 0 saturated carbocycles. The van der Waals surface area contributed by atoms with E-state index in [1.54, 1.807) is 24.2 Å². The molecule has 0 unspecified atom stereocenters. The van der Waals surface area contributed by atoms with Crippen LogP contribution in [-0.4, -0.2) is 10.1 Å². The lowest BCUT2D eigenvalue weighted by Gasteiger charge is -1.99. The normalized spacial score (nSPS) is 10.8. The second-order valence-electron chi connectivity index (χ2n) is 3.31. The topological polar surface area (TPSA) is 38.9 Å². The summed E-state index contributed by atoms with van der Waals surface area (Å²) in [4.78, 5) is 5.37. The SMILES string of the molecule is c1ccc(Sc2ccc3conc3c2)nc1. The minimum Gasteiger partial charge on any atom is -0.364 e. The molecule has 4 heteroatoms. The highest BCUT2D eigenvalue weighted by Crippen LogP contribution is 2.27. The van der Waals surface area contributed by atoms with Gasteiger partial charge in [0.15, 0.2) is 0 Å². The molecule has 16 heavy (non-hydrogen) atoms. The van der Waals surface area contributed by atoms with Gasteiger partial charge in [0, 0.05) is 16.5 Å². The predicted molar refractivity (Wildman–Crippen MR) is 62.4 cm³/mol. The first kappa shape index (κ1) is 9.42. The van der Waals surface area contributed by atoms with E-state index < -0.39 is 0 Å². The zero-order valence-corrected chi connectivity index (χ0v) is 9.15. The molecule has 0 amide bonds. The summed E-state index contributed by atoms with van der Waals surface area (Å²) in [6, 6.07) is 11.9. The molecule has 3 rings (SSSR count). The lowest BCUT2D eigenvalue weighted by molar-refractivity contribution is 0.428. The van der Waals surface area contributed by atoms with E-state index in [1.807, 2.05) is 36.4 Å². The standard InChI is InChI=1S/C12H8N2OS/c1-2-6-13-12(3-1)16-10-5-4-9-8-15-14-11(9)7-10/h1-8H. The van der Waals surface area contributed by atoms with Crippen LogP contribution in [0.2, 0.25) is 0 Å². The van der Waals surface area contributed by atoms with Gasteiger partial charge in [0.05, 0.1) is 0 Å². The van der Waals surface area contributed by atoms with Crippen LogP contribution in [0, 0.1) is 0 Å². The van der Waals surface area contributed by atoms with Gasteiger partial charge in [0.2, 0.25) is 0 Å². The van der Waals surface area contributed by atoms with E-state index in [1.165, 1.54) is 0 Å². The summed E-state index contributed by atoms with van der Waals surface area (Å²) < 4.78 is 4.90. The Morgan fingerprint density at radius 3 is 3.00 bits per heavy atom. The van der Waals surface area contributed by atoms with Crippen molar-refractivity contribution in [1.29, 1.82) is 0 Å². The molecule has 0 aliphatic carbocycles. The second kappa shape index (κ2) is 3.98. The molecule has 0 atom stereocenters. The van der Waals surface area contributed by atoms with Crippen molar-refractivity contribution in [2.75, 3.05) is 0 Å². The number of fused-ring (bicyclic) bond motifs is 1. The third-order valence-corrected chi connectivity index (χ3v) is 3.13. The fourth-order valence-electron chi connectivity index (χ4n) is 1.43. The Morgan fingerprint density at radius 2 is 2.12 bits per heavy atom. The van der Waals surface area contributed by atoms with Crippen LogP contribution in [0.5, 0.6) is 0 Å². The van der Waals surface area contributed by atoms with Gasteiger partial charge < -0.3 is 4.52 Å². The first-order valence-electron chi connectivity index (χ1n) is 4.85. The van der Waals surface area contributed by atoms with E-state index in [2.05, 4.69) is 10.1 Å². The molecule has 2 aromatic heterocycles. The van der Waals surface area contributed by atoms with Crippen molar-refractivity contribution >= 4 is 22.7 Å².